The average molecular weight is 249 g/mol. The van der Waals surface area contributed by atoms with Crippen LogP contribution in [0.2, 0.25) is 0 Å². The van der Waals surface area contributed by atoms with Gasteiger partial charge in [-0.25, -0.2) is 4.98 Å². The van der Waals surface area contributed by atoms with Crippen LogP contribution < -0.4 is 0 Å². The minimum absolute atomic E-state index is 0.148. The fraction of sp³-hybridized carbons (Fsp3) is 0.786. The van der Waals surface area contributed by atoms with Crippen LogP contribution in [0.5, 0.6) is 0 Å². The first-order chi connectivity index (χ1) is 8.67. The van der Waals surface area contributed by atoms with E-state index in [1.54, 1.807) is 6.33 Å². The Morgan fingerprint density at radius 2 is 2.50 bits per heavy atom. The van der Waals surface area contributed by atoms with Crippen LogP contribution in [-0.2, 0) is 11.3 Å². The summed E-state index contributed by atoms with van der Waals surface area (Å²) >= 11 is 0. The Kier molecular flexibility index (Phi) is 3.16. The molecule has 0 aromatic carbocycles. The lowest BCUT2D eigenvalue weighted by Crippen LogP contribution is -2.32. The lowest BCUT2D eigenvalue weighted by Gasteiger charge is -2.23. The van der Waals surface area contributed by atoms with E-state index in [-0.39, 0.29) is 5.60 Å². The molecule has 2 atom stereocenters. The summed E-state index contributed by atoms with van der Waals surface area (Å²) in [7, 11) is 0. The van der Waals surface area contributed by atoms with Crippen molar-refractivity contribution in [1.82, 2.24) is 14.9 Å². The molecule has 0 radical (unpaired) electrons. The summed E-state index contributed by atoms with van der Waals surface area (Å²) in [6.45, 7) is 8.76. The van der Waals surface area contributed by atoms with Gasteiger partial charge in [0.25, 0.3) is 0 Å². The molecule has 0 saturated carbocycles. The van der Waals surface area contributed by atoms with Crippen molar-refractivity contribution in [2.24, 2.45) is 11.8 Å². The average Bonchev–Trinajstić information content (AvgIpc) is 3.03. The third kappa shape index (κ3) is 2.31. The molecule has 4 heteroatoms. The molecule has 2 aliphatic rings. The number of nitrogens with zero attached hydrogens (tertiary/aromatic N) is 2. The number of hydrogen-bond acceptors (Lipinski definition) is 3. The number of rotatable bonds is 3. The highest BCUT2D eigenvalue weighted by Crippen LogP contribution is 2.40. The molecule has 3 heterocycles. The second-order valence-corrected chi connectivity index (χ2v) is 6.24. The highest BCUT2D eigenvalue weighted by atomic mass is 16.5. The van der Waals surface area contributed by atoms with E-state index in [4.69, 9.17) is 4.74 Å². The molecule has 2 saturated heterocycles. The van der Waals surface area contributed by atoms with Gasteiger partial charge in [0, 0.05) is 31.5 Å². The SMILES string of the molecule is CC(C)[C@H]1CO[C@]2(CCN(Cc3cnc[nH]3)C2)C1. The third-order valence-corrected chi connectivity index (χ3v) is 4.52. The molecular weight excluding hydrogens is 226 g/mol. The molecule has 0 unspecified atom stereocenters. The number of imidazole rings is 1. The van der Waals surface area contributed by atoms with E-state index in [1.807, 2.05) is 6.20 Å². The number of hydrogen-bond donors (Lipinski definition) is 1. The molecule has 1 aromatic heterocycles. The first-order valence-corrected chi connectivity index (χ1v) is 7.00. The molecule has 2 fully saturated rings. The van der Waals surface area contributed by atoms with Crippen molar-refractivity contribution >= 4 is 0 Å². The molecule has 0 amide bonds. The summed E-state index contributed by atoms with van der Waals surface area (Å²) in [4.78, 5) is 9.73. The lowest BCUT2D eigenvalue weighted by molar-refractivity contribution is 0.0105. The molecule has 100 valence electrons. The maximum absolute atomic E-state index is 6.16. The van der Waals surface area contributed by atoms with Gasteiger partial charge in [-0.05, 0) is 24.7 Å². The Hall–Kier alpha value is -0.870. The van der Waals surface area contributed by atoms with Gasteiger partial charge in [-0.15, -0.1) is 0 Å². The Morgan fingerprint density at radius 1 is 1.61 bits per heavy atom. The summed E-state index contributed by atoms with van der Waals surface area (Å²) in [5, 5.41) is 0. The largest absolute Gasteiger partial charge is 0.373 e. The standard InChI is InChI=1S/C14H23N3O/c1-11(2)12-5-14(18-8-12)3-4-17(9-14)7-13-6-15-10-16-13/h6,10-12H,3-5,7-9H2,1-2H3,(H,15,16)/t12-,14-/m1/s1. The minimum Gasteiger partial charge on any atom is -0.373 e. The van der Waals surface area contributed by atoms with Gasteiger partial charge < -0.3 is 9.72 Å². The fourth-order valence-electron chi connectivity index (χ4n) is 3.27. The fourth-order valence-corrected chi connectivity index (χ4v) is 3.27. The molecule has 1 N–H and O–H groups in total. The van der Waals surface area contributed by atoms with Gasteiger partial charge in [0.15, 0.2) is 0 Å². The van der Waals surface area contributed by atoms with Crippen molar-refractivity contribution in [1.29, 1.82) is 0 Å². The molecule has 0 aliphatic carbocycles. The number of H-pyrrole nitrogens is 1. The van der Waals surface area contributed by atoms with E-state index in [2.05, 4.69) is 28.7 Å². The summed E-state index contributed by atoms with van der Waals surface area (Å²) in [6, 6.07) is 0. The van der Waals surface area contributed by atoms with Crippen LogP contribution in [-0.4, -0.2) is 40.2 Å². The van der Waals surface area contributed by atoms with Gasteiger partial charge in [-0.1, -0.05) is 13.8 Å². The number of aromatic nitrogens is 2. The predicted molar refractivity (Wildman–Crippen MR) is 70.1 cm³/mol. The summed E-state index contributed by atoms with van der Waals surface area (Å²) in [5.74, 6) is 1.49. The number of nitrogens with one attached hydrogen (secondary N) is 1. The van der Waals surface area contributed by atoms with Crippen molar-refractivity contribution in [2.45, 2.75) is 38.8 Å². The summed E-state index contributed by atoms with van der Waals surface area (Å²) in [6.07, 6.45) is 6.09. The van der Waals surface area contributed by atoms with E-state index in [9.17, 15) is 0 Å². The molecule has 1 spiro atoms. The van der Waals surface area contributed by atoms with Gasteiger partial charge in [-0.3, -0.25) is 4.90 Å². The van der Waals surface area contributed by atoms with Crippen LogP contribution in [0.15, 0.2) is 12.5 Å². The first kappa shape index (κ1) is 12.2. The zero-order valence-electron chi connectivity index (χ0n) is 11.4. The molecular formula is C14H23N3O. The second kappa shape index (κ2) is 4.67. The molecule has 3 rings (SSSR count). The highest BCUT2D eigenvalue weighted by Gasteiger charge is 2.45. The Bertz CT molecular complexity index is 390. The van der Waals surface area contributed by atoms with Crippen LogP contribution in [0.3, 0.4) is 0 Å². The number of aromatic amines is 1. The van der Waals surface area contributed by atoms with E-state index in [0.29, 0.717) is 0 Å². The van der Waals surface area contributed by atoms with Crippen molar-refractivity contribution in [3.63, 3.8) is 0 Å². The quantitative estimate of drug-likeness (QED) is 0.891. The number of ether oxygens (including phenoxy) is 1. The zero-order chi connectivity index (χ0) is 12.6. The predicted octanol–water partition coefficient (Wildman–Crippen LogP) is 2.05. The number of likely N-dealkylation sites (tertiary alicyclic amines) is 1. The lowest BCUT2D eigenvalue weighted by atomic mass is 9.87. The van der Waals surface area contributed by atoms with Gasteiger partial charge in [0.2, 0.25) is 0 Å². The summed E-state index contributed by atoms with van der Waals surface area (Å²) in [5.41, 5.74) is 1.35. The van der Waals surface area contributed by atoms with E-state index >= 15 is 0 Å². The van der Waals surface area contributed by atoms with Gasteiger partial charge >= 0.3 is 0 Å². The Labute approximate surface area is 109 Å². The third-order valence-electron chi connectivity index (χ3n) is 4.52. The molecule has 2 aliphatic heterocycles. The van der Waals surface area contributed by atoms with Crippen molar-refractivity contribution < 1.29 is 4.74 Å². The van der Waals surface area contributed by atoms with Gasteiger partial charge in [-0.2, -0.15) is 0 Å². The molecule has 0 bridgehead atoms. The van der Waals surface area contributed by atoms with E-state index in [0.717, 1.165) is 38.1 Å². The van der Waals surface area contributed by atoms with E-state index in [1.165, 1.54) is 18.5 Å². The minimum atomic E-state index is 0.148. The zero-order valence-corrected chi connectivity index (χ0v) is 11.4. The van der Waals surface area contributed by atoms with Crippen LogP contribution in [0.25, 0.3) is 0 Å². The maximum Gasteiger partial charge on any atom is 0.0922 e. The Morgan fingerprint density at radius 3 is 3.17 bits per heavy atom. The molecule has 4 nitrogen and oxygen atoms in total. The Balaban J connectivity index is 1.58. The topological polar surface area (TPSA) is 41.1 Å². The summed E-state index contributed by atoms with van der Waals surface area (Å²) < 4.78 is 6.16. The highest BCUT2D eigenvalue weighted by molar-refractivity contribution is 5.01. The van der Waals surface area contributed by atoms with Crippen molar-refractivity contribution in [3.05, 3.63) is 18.2 Å². The molecule has 18 heavy (non-hydrogen) atoms. The van der Waals surface area contributed by atoms with Crippen LogP contribution in [0, 0.1) is 11.8 Å². The van der Waals surface area contributed by atoms with Crippen molar-refractivity contribution in [3.8, 4) is 0 Å². The monoisotopic (exact) mass is 249 g/mol. The van der Waals surface area contributed by atoms with Gasteiger partial charge in [0.05, 0.1) is 18.5 Å². The van der Waals surface area contributed by atoms with Crippen molar-refractivity contribution in [2.75, 3.05) is 19.7 Å². The van der Waals surface area contributed by atoms with Crippen LogP contribution in [0.4, 0.5) is 0 Å². The smallest absolute Gasteiger partial charge is 0.0922 e. The van der Waals surface area contributed by atoms with Gasteiger partial charge in [0.1, 0.15) is 0 Å². The van der Waals surface area contributed by atoms with Crippen LogP contribution >= 0.6 is 0 Å². The van der Waals surface area contributed by atoms with E-state index < -0.39 is 0 Å². The maximum atomic E-state index is 6.16. The second-order valence-electron chi connectivity index (χ2n) is 6.24. The molecule has 1 aromatic rings. The first-order valence-electron chi connectivity index (χ1n) is 7.00. The normalized spacial score (nSPS) is 32.9. The van der Waals surface area contributed by atoms with Crippen LogP contribution in [0.1, 0.15) is 32.4 Å².